The van der Waals surface area contributed by atoms with Crippen LogP contribution in [0.25, 0.3) is 0 Å². The molecule has 1 aromatic rings. The van der Waals surface area contributed by atoms with E-state index in [2.05, 4.69) is 12.0 Å². The molecule has 1 aliphatic carbocycles. The van der Waals surface area contributed by atoms with Crippen molar-refractivity contribution in [2.45, 2.75) is 25.4 Å². The summed E-state index contributed by atoms with van der Waals surface area (Å²) in [5, 5.41) is 14.2. The molecule has 1 heterocycles. The summed E-state index contributed by atoms with van der Waals surface area (Å²) in [4.78, 5) is 0. The molecule has 66 valence electrons. The van der Waals surface area contributed by atoms with E-state index in [9.17, 15) is 5.11 Å². The summed E-state index contributed by atoms with van der Waals surface area (Å²) < 4.78 is 1.73. The van der Waals surface area contributed by atoms with E-state index in [1.54, 1.807) is 4.68 Å². The summed E-state index contributed by atoms with van der Waals surface area (Å²) in [5.41, 5.74) is 0.229. The highest BCUT2D eigenvalue weighted by Gasteiger charge is 2.54. The molecule has 2 atom stereocenters. The van der Waals surface area contributed by atoms with E-state index < -0.39 is 5.60 Å². The Morgan fingerprint density at radius 3 is 3.00 bits per heavy atom. The first-order valence-corrected chi connectivity index (χ1v) is 4.39. The maximum Gasteiger partial charge on any atom is 0.112 e. The lowest BCUT2D eigenvalue weighted by atomic mass is 10.1. The number of aromatic nitrogens is 2. The maximum absolute atomic E-state index is 10.00. The van der Waals surface area contributed by atoms with Gasteiger partial charge in [0.15, 0.2) is 0 Å². The van der Waals surface area contributed by atoms with Crippen molar-refractivity contribution in [3.63, 3.8) is 0 Å². The van der Waals surface area contributed by atoms with Gasteiger partial charge >= 0.3 is 0 Å². The maximum atomic E-state index is 10.00. The molecule has 0 saturated heterocycles. The fourth-order valence-corrected chi connectivity index (χ4v) is 1.76. The Morgan fingerprint density at radius 1 is 1.83 bits per heavy atom. The summed E-state index contributed by atoms with van der Waals surface area (Å²) in [6.07, 6.45) is 3.78. The van der Waals surface area contributed by atoms with Crippen LogP contribution >= 0.6 is 0 Å². The second-order valence-corrected chi connectivity index (χ2v) is 3.61. The number of hydrogen-bond acceptors (Lipinski definition) is 2. The van der Waals surface area contributed by atoms with Crippen LogP contribution < -0.4 is 0 Å². The van der Waals surface area contributed by atoms with E-state index in [0.717, 1.165) is 18.5 Å². The van der Waals surface area contributed by atoms with E-state index in [1.807, 2.05) is 19.3 Å². The van der Waals surface area contributed by atoms with E-state index in [4.69, 9.17) is 0 Å². The minimum Gasteiger partial charge on any atom is -0.383 e. The zero-order chi connectivity index (χ0) is 8.77. The lowest BCUT2D eigenvalue weighted by Gasteiger charge is -2.04. The van der Waals surface area contributed by atoms with Gasteiger partial charge in [0.25, 0.3) is 0 Å². The Labute approximate surface area is 72.0 Å². The summed E-state index contributed by atoms with van der Waals surface area (Å²) in [6.45, 7) is 2.10. The van der Waals surface area contributed by atoms with Gasteiger partial charge in [0, 0.05) is 13.2 Å². The zero-order valence-corrected chi connectivity index (χ0v) is 7.49. The number of nitrogens with zero attached hydrogens (tertiary/aromatic N) is 2. The third kappa shape index (κ3) is 0.966. The molecule has 0 bridgehead atoms. The van der Waals surface area contributed by atoms with Crippen molar-refractivity contribution in [3.8, 4) is 0 Å². The van der Waals surface area contributed by atoms with Crippen LogP contribution in [-0.4, -0.2) is 14.9 Å². The zero-order valence-electron chi connectivity index (χ0n) is 7.49. The third-order valence-corrected chi connectivity index (χ3v) is 2.72. The highest BCUT2D eigenvalue weighted by molar-refractivity contribution is 5.21. The molecule has 3 nitrogen and oxygen atoms in total. The van der Waals surface area contributed by atoms with Crippen molar-refractivity contribution in [1.82, 2.24) is 9.78 Å². The first kappa shape index (κ1) is 7.80. The molecule has 1 saturated carbocycles. The third-order valence-electron chi connectivity index (χ3n) is 2.72. The van der Waals surface area contributed by atoms with Gasteiger partial charge in [0.05, 0.1) is 5.69 Å². The van der Waals surface area contributed by atoms with Crippen molar-refractivity contribution in [2.75, 3.05) is 0 Å². The van der Waals surface area contributed by atoms with Gasteiger partial charge in [-0.1, -0.05) is 13.3 Å². The first-order valence-electron chi connectivity index (χ1n) is 4.39. The molecule has 0 aromatic carbocycles. The molecule has 1 fully saturated rings. The summed E-state index contributed by atoms with van der Waals surface area (Å²) in [5.74, 6) is 0.424. The van der Waals surface area contributed by atoms with Crippen LogP contribution in [-0.2, 0) is 12.6 Å². The average Bonchev–Trinajstić information content (AvgIpc) is 2.50. The second-order valence-electron chi connectivity index (χ2n) is 3.61. The fraction of sp³-hybridized carbons (Fsp3) is 0.667. The van der Waals surface area contributed by atoms with Crippen LogP contribution in [0, 0.1) is 5.92 Å². The van der Waals surface area contributed by atoms with E-state index in [1.165, 1.54) is 0 Å². The lowest BCUT2D eigenvalue weighted by Crippen LogP contribution is -2.09. The van der Waals surface area contributed by atoms with Crippen LogP contribution in [0.3, 0.4) is 0 Å². The second kappa shape index (κ2) is 2.33. The fourth-order valence-electron chi connectivity index (χ4n) is 1.76. The van der Waals surface area contributed by atoms with Gasteiger partial charge in [-0.25, -0.2) is 0 Å². The molecule has 0 aliphatic heterocycles. The molecule has 2 unspecified atom stereocenters. The van der Waals surface area contributed by atoms with E-state index >= 15 is 0 Å². The van der Waals surface area contributed by atoms with Crippen LogP contribution in [0.15, 0.2) is 12.3 Å². The van der Waals surface area contributed by atoms with Crippen molar-refractivity contribution in [1.29, 1.82) is 0 Å². The number of aryl methyl sites for hydroxylation is 1. The Morgan fingerprint density at radius 2 is 2.58 bits per heavy atom. The van der Waals surface area contributed by atoms with Gasteiger partial charge in [-0.2, -0.15) is 5.10 Å². The van der Waals surface area contributed by atoms with Crippen LogP contribution in [0.2, 0.25) is 0 Å². The Balaban J connectivity index is 2.22. The molecule has 0 spiro atoms. The summed E-state index contributed by atoms with van der Waals surface area (Å²) >= 11 is 0. The predicted molar refractivity (Wildman–Crippen MR) is 45.5 cm³/mol. The molecule has 1 aromatic heterocycles. The largest absolute Gasteiger partial charge is 0.383 e. The monoisotopic (exact) mass is 166 g/mol. The Hall–Kier alpha value is -0.830. The standard InChI is InChI=1S/C9H14N2O/c1-3-7-6-9(7,12)8-4-5-11(2)10-8/h4-5,7,12H,3,6H2,1-2H3. The molecule has 2 rings (SSSR count). The van der Waals surface area contributed by atoms with Gasteiger partial charge in [-0.15, -0.1) is 0 Å². The van der Waals surface area contributed by atoms with Crippen molar-refractivity contribution in [3.05, 3.63) is 18.0 Å². The average molecular weight is 166 g/mol. The first-order chi connectivity index (χ1) is 5.66. The summed E-state index contributed by atoms with van der Waals surface area (Å²) in [7, 11) is 1.87. The lowest BCUT2D eigenvalue weighted by molar-refractivity contribution is 0.125. The highest BCUT2D eigenvalue weighted by Crippen LogP contribution is 2.52. The minimum absolute atomic E-state index is 0.424. The molecule has 3 heteroatoms. The van der Waals surface area contributed by atoms with Crippen molar-refractivity contribution >= 4 is 0 Å². The SMILES string of the molecule is CCC1CC1(O)c1ccn(C)n1. The van der Waals surface area contributed by atoms with Crippen LogP contribution in [0.4, 0.5) is 0 Å². The van der Waals surface area contributed by atoms with Gasteiger partial charge in [0.2, 0.25) is 0 Å². The van der Waals surface area contributed by atoms with Crippen LogP contribution in [0.1, 0.15) is 25.5 Å². The minimum atomic E-state index is -0.601. The Kier molecular flexibility index (Phi) is 1.51. The van der Waals surface area contributed by atoms with Crippen molar-refractivity contribution in [2.24, 2.45) is 13.0 Å². The molecule has 0 radical (unpaired) electrons. The van der Waals surface area contributed by atoms with Gasteiger partial charge in [-0.3, -0.25) is 4.68 Å². The molecular weight excluding hydrogens is 152 g/mol. The topological polar surface area (TPSA) is 38.0 Å². The molecule has 12 heavy (non-hydrogen) atoms. The van der Waals surface area contributed by atoms with Crippen LogP contribution in [0.5, 0.6) is 0 Å². The molecular formula is C9H14N2O. The smallest absolute Gasteiger partial charge is 0.112 e. The highest BCUT2D eigenvalue weighted by atomic mass is 16.3. The molecule has 0 amide bonds. The predicted octanol–water partition coefficient (Wildman–Crippen LogP) is 1.04. The number of aliphatic hydroxyl groups is 1. The van der Waals surface area contributed by atoms with E-state index in [-0.39, 0.29) is 0 Å². The molecule has 1 N–H and O–H groups in total. The van der Waals surface area contributed by atoms with Crippen molar-refractivity contribution < 1.29 is 5.11 Å². The summed E-state index contributed by atoms with van der Waals surface area (Å²) in [6, 6.07) is 1.90. The quantitative estimate of drug-likeness (QED) is 0.712. The van der Waals surface area contributed by atoms with Gasteiger partial charge in [0.1, 0.15) is 5.60 Å². The normalized spacial score (nSPS) is 33.8. The Bertz CT molecular complexity index is 294. The number of rotatable bonds is 2. The number of hydrogen-bond donors (Lipinski definition) is 1. The van der Waals surface area contributed by atoms with E-state index in [0.29, 0.717) is 5.92 Å². The van der Waals surface area contributed by atoms with Gasteiger partial charge < -0.3 is 5.11 Å². The van der Waals surface area contributed by atoms with Gasteiger partial charge in [-0.05, 0) is 18.4 Å². The molecule has 1 aliphatic rings.